The summed E-state index contributed by atoms with van der Waals surface area (Å²) in [6.45, 7) is 7.32. The molecule has 0 aromatic carbocycles. The highest BCUT2D eigenvalue weighted by molar-refractivity contribution is 7.17. The number of piperidine rings is 1. The third-order valence-corrected chi connectivity index (χ3v) is 6.43. The van der Waals surface area contributed by atoms with Crippen molar-refractivity contribution in [1.29, 1.82) is 0 Å². The molecule has 0 spiro atoms. The van der Waals surface area contributed by atoms with Gasteiger partial charge < -0.3 is 10.2 Å². The quantitative estimate of drug-likeness (QED) is 0.656. The average molecular weight is 423 g/mol. The number of amides is 1. The van der Waals surface area contributed by atoms with E-state index in [2.05, 4.69) is 20.3 Å². The molecule has 1 aliphatic rings. The minimum Gasteiger partial charge on any atom is -0.362 e. The van der Waals surface area contributed by atoms with E-state index in [1.807, 2.05) is 44.0 Å². The van der Waals surface area contributed by atoms with Gasteiger partial charge in [-0.25, -0.2) is 15.0 Å². The Morgan fingerprint density at radius 1 is 1.23 bits per heavy atom. The predicted molar refractivity (Wildman–Crippen MR) is 119 cm³/mol. The molecule has 1 fully saturated rings. The van der Waals surface area contributed by atoms with Gasteiger partial charge in [-0.1, -0.05) is 11.3 Å². The Balaban J connectivity index is 1.73. The van der Waals surface area contributed by atoms with Gasteiger partial charge in [-0.3, -0.25) is 9.78 Å². The predicted octanol–water partition coefficient (Wildman–Crippen LogP) is 4.41. The van der Waals surface area contributed by atoms with E-state index in [-0.39, 0.29) is 11.9 Å². The summed E-state index contributed by atoms with van der Waals surface area (Å²) in [5.41, 5.74) is 3.66. The number of likely N-dealkylation sites (tertiary alicyclic amines) is 1. The molecule has 1 atom stereocenters. The summed E-state index contributed by atoms with van der Waals surface area (Å²) >= 11 is 1.43. The molecule has 3 aromatic rings. The lowest BCUT2D eigenvalue weighted by molar-refractivity contribution is 0.0610. The van der Waals surface area contributed by atoms with Crippen molar-refractivity contribution in [1.82, 2.24) is 24.8 Å². The maximum absolute atomic E-state index is 13.6. The first kappa shape index (κ1) is 20.4. The number of thiazole rings is 1. The van der Waals surface area contributed by atoms with Gasteiger partial charge in [0.25, 0.3) is 5.91 Å². The molecular formula is C22H26N6OS. The summed E-state index contributed by atoms with van der Waals surface area (Å²) in [5, 5.41) is 4.01. The summed E-state index contributed by atoms with van der Waals surface area (Å²) in [4.78, 5) is 34.1. The Bertz CT molecular complexity index is 1040. The second-order valence-electron chi connectivity index (χ2n) is 7.43. The van der Waals surface area contributed by atoms with Crippen molar-refractivity contribution in [3.05, 3.63) is 52.8 Å². The van der Waals surface area contributed by atoms with E-state index < -0.39 is 0 Å². The lowest BCUT2D eigenvalue weighted by Gasteiger charge is -2.36. The summed E-state index contributed by atoms with van der Waals surface area (Å²) in [7, 11) is 0. The van der Waals surface area contributed by atoms with Gasteiger partial charge in [-0.15, -0.1) is 0 Å². The molecule has 0 unspecified atom stereocenters. The minimum absolute atomic E-state index is 0.0378. The largest absolute Gasteiger partial charge is 0.362 e. The SMILES string of the molecule is CCNc1nc(C)c(C(=O)N2CCCC[C@H]2c2nc(C)ncc2-c2ccncc2)s1. The molecule has 1 saturated heterocycles. The molecule has 1 N–H and O–H groups in total. The molecule has 3 aromatic heterocycles. The Kier molecular flexibility index (Phi) is 6.03. The van der Waals surface area contributed by atoms with Crippen LogP contribution in [0.3, 0.4) is 0 Å². The topological polar surface area (TPSA) is 83.9 Å². The number of carbonyl (C=O) groups is 1. The zero-order valence-electron chi connectivity index (χ0n) is 17.6. The van der Waals surface area contributed by atoms with Crippen LogP contribution in [0, 0.1) is 13.8 Å². The van der Waals surface area contributed by atoms with E-state index in [1.54, 1.807) is 12.4 Å². The number of nitrogens with zero attached hydrogens (tertiary/aromatic N) is 5. The van der Waals surface area contributed by atoms with Crippen LogP contribution in [0.1, 0.15) is 59.1 Å². The van der Waals surface area contributed by atoms with Crippen LogP contribution >= 0.6 is 11.3 Å². The maximum atomic E-state index is 13.6. The highest BCUT2D eigenvalue weighted by Crippen LogP contribution is 2.37. The number of pyridine rings is 1. The van der Waals surface area contributed by atoms with Crippen LogP contribution in [0.15, 0.2) is 30.7 Å². The van der Waals surface area contributed by atoms with Crippen LogP contribution in [0.5, 0.6) is 0 Å². The van der Waals surface area contributed by atoms with E-state index >= 15 is 0 Å². The van der Waals surface area contributed by atoms with Crippen LogP contribution in [0.25, 0.3) is 11.1 Å². The van der Waals surface area contributed by atoms with E-state index in [0.29, 0.717) is 10.7 Å². The van der Waals surface area contributed by atoms with Gasteiger partial charge in [-0.2, -0.15) is 0 Å². The molecule has 0 aliphatic carbocycles. The average Bonchev–Trinajstić information content (AvgIpc) is 3.14. The van der Waals surface area contributed by atoms with Gasteiger partial charge in [0.2, 0.25) is 0 Å². The van der Waals surface area contributed by atoms with Crippen LogP contribution in [-0.2, 0) is 0 Å². The molecule has 0 radical (unpaired) electrons. The molecule has 0 saturated carbocycles. The van der Waals surface area contributed by atoms with Crippen LogP contribution in [0.2, 0.25) is 0 Å². The maximum Gasteiger partial charge on any atom is 0.266 e. The van der Waals surface area contributed by atoms with Crippen LogP contribution in [0.4, 0.5) is 5.13 Å². The summed E-state index contributed by atoms with van der Waals surface area (Å²) in [6, 6.07) is 3.84. The van der Waals surface area contributed by atoms with Gasteiger partial charge in [-0.05, 0) is 57.7 Å². The molecule has 1 amide bonds. The Hall–Kier alpha value is -2.87. The number of hydrogen-bond acceptors (Lipinski definition) is 7. The first-order valence-corrected chi connectivity index (χ1v) is 11.2. The number of hydrogen-bond donors (Lipinski definition) is 1. The van der Waals surface area contributed by atoms with E-state index in [4.69, 9.17) is 4.98 Å². The van der Waals surface area contributed by atoms with Crippen LogP contribution in [-0.4, -0.2) is 43.8 Å². The molecule has 4 rings (SSSR count). The highest BCUT2D eigenvalue weighted by atomic mass is 32.1. The number of anilines is 1. The van der Waals surface area contributed by atoms with Crippen molar-refractivity contribution in [2.24, 2.45) is 0 Å². The third-order valence-electron chi connectivity index (χ3n) is 5.33. The summed E-state index contributed by atoms with van der Waals surface area (Å²) in [5.74, 6) is 0.750. The molecule has 1 aliphatic heterocycles. The first-order chi connectivity index (χ1) is 14.6. The van der Waals surface area contributed by atoms with E-state index in [0.717, 1.165) is 60.0 Å². The number of rotatable bonds is 5. The second-order valence-corrected chi connectivity index (χ2v) is 8.43. The van der Waals surface area contributed by atoms with E-state index in [1.165, 1.54) is 11.3 Å². The van der Waals surface area contributed by atoms with Crippen molar-refractivity contribution in [3.8, 4) is 11.1 Å². The highest BCUT2D eigenvalue weighted by Gasteiger charge is 2.33. The lowest BCUT2D eigenvalue weighted by Crippen LogP contribution is -2.39. The molecule has 30 heavy (non-hydrogen) atoms. The first-order valence-electron chi connectivity index (χ1n) is 10.3. The fourth-order valence-corrected chi connectivity index (χ4v) is 4.90. The molecule has 4 heterocycles. The van der Waals surface area contributed by atoms with Crippen LogP contribution < -0.4 is 5.32 Å². The lowest BCUT2D eigenvalue weighted by atomic mass is 9.94. The van der Waals surface area contributed by atoms with Crippen molar-refractivity contribution in [3.63, 3.8) is 0 Å². The molecule has 8 heteroatoms. The van der Waals surface area contributed by atoms with Crippen molar-refractivity contribution < 1.29 is 4.79 Å². The van der Waals surface area contributed by atoms with Crippen molar-refractivity contribution in [2.75, 3.05) is 18.4 Å². The van der Waals surface area contributed by atoms with Gasteiger partial charge >= 0.3 is 0 Å². The smallest absolute Gasteiger partial charge is 0.266 e. The van der Waals surface area contributed by atoms with E-state index in [9.17, 15) is 4.79 Å². The zero-order chi connectivity index (χ0) is 21.1. The van der Waals surface area contributed by atoms with Gasteiger partial charge in [0.15, 0.2) is 5.13 Å². The van der Waals surface area contributed by atoms with Gasteiger partial charge in [0, 0.05) is 37.2 Å². The zero-order valence-corrected chi connectivity index (χ0v) is 18.4. The van der Waals surface area contributed by atoms with Crippen molar-refractivity contribution >= 4 is 22.4 Å². The minimum atomic E-state index is -0.0831. The van der Waals surface area contributed by atoms with Gasteiger partial charge in [0.1, 0.15) is 10.7 Å². The third kappa shape index (κ3) is 4.05. The van der Waals surface area contributed by atoms with Gasteiger partial charge in [0.05, 0.1) is 17.4 Å². The monoisotopic (exact) mass is 422 g/mol. The van der Waals surface area contributed by atoms with Crippen molar-refractivity contribution in [2.45, 2.75) is 46.1 Å². The standard InChI is InChI=1S/C22H26N6OS/c1-4-24-22-26-14(2)20(30-22)21(29)28-12-6-5-7-18(28)19-17(13-25-15(3)27-19)16-8-10-23-11-9-16/h8-11,13,18H,4-7,12H2,1-3H3,(H,24,26)/t18-/m0/s1. The molecular weight excluding hydrogens is 396 g/mol. The summed E-state index contributed by atoms with van der Waals surface area (Å²) in [6.07, 6.45) is 8.35. The molecule has 7 nitrogen and oxygen atoms in total. The molecule has 156 valence electrons. The number of aromatic nitrogens is 4. The Labute approximate surface area is 180 Å². The Morgan fingerprint density at radius 3 is 2.80 bits per heavy atom. The number of carbonyl (C=O) groups excluding carboxylic acids is 1. The summed E-state index contributed by atoms with van der Waals surface area (Å²) < 4.78 is 0. The second kappa shape index (κ2) is 8.87. The normalized spacial score (nSPS) is 16.5. The Morgan fingerprint density at radius 2 is 2.03 bits per heavy atom. The number of nitrogens with one attached hydrogen (secondary N) is 1. The molecule has 0 bridgehead atoms. The number of aryl methyl sites for hydroxylation is 2. The fraction of sp³-hybridized carbons (Fsp3) is 0.409. The fourth-order valence-electron chi connectivity index (χ4n) is 3.91.